The molecule has 98 valence electrons. The maximum Gasteiger partial charge on any atom is 0.241 e. The average molecular weight is 246 g/mol. The van der Waals surface area contributed by atoms with Crippen molar-refractivity contribution < 1.29 is 4.79 Å². The molecule has 3 nitrogen and oxygen atoms in total. The summed E-state index contributed by atoms with van der Waals surface area (Å²) in [5.74, 6) is 0.721. The molecule has 0 bridgehead atoms. The molecule has 2 atom stereocenters. The minimum Gasteiger partial charge on any atom is -0.324 e. The Morgan fingerprint density at radius 2 is 2.00 bits per heavy atom. The lowest BCUT2D eigenvalue weighted by Gasteiger charge is -2.27. The number of hydrogen-bond acceptors (Lipinski definition) is 2. The molecule has 1 heterocycles. The number of piperidine rings is 1. The molecule has 0 saturated carbocycles. The van der Waals surface area contributed by atoms with Crippen LogP contribution in [0.1, 0.15) is 30.9 Å². The van der Waals surface area contributed by atoms with Crippen LogP contribution >= 0.6 is 0 Å². The molecule has 1 aromatic carbocycles. The summed E-state index contributed by atoms with van der Waals surface area (Å²) in [6.45, 7) is 7.20. The van der Waals surface area contributed by atoms with Gasteiger partial charge in [0.1, 0.15) is 0 Å². The second kappa shape index (κ2) is 5.53. The Morgan fingerprint density at radius 3 is 2.61 bits per heavy atom. The van der Waals surface area contributed by atoms with E-state index in [4.69, 9.17) is 0 Å². The fourth-order valence-corrected chi connectivity index (χ4v) is 2.53. The number of rotatable bonds is 2. The van der Waals surface area contributed by atoms with Crippen LogP contribution in [0.4, 0.5) is 5.69 Å². The van der Waals surface area contributed by atoms with Gasteiger partial charge in [0.2, 0.25) is 5.91 Å². The first kappa shape index (κ1) is 13.1. The second-order valence-electron chi connectivity index (χ2n) is 5.39. The van der Waals surface area contributed by atoms with Crippen molar-refractivity contribution >= 4 is 11.6 Å². The maximum absolute atomic E-state index is 12.2. The number of anilines is 1. The molecule has 1 fully saturated rings. The summed E-state index contributed by atoms with van der Waals surface area (Å²) in [5, 5.41) is 6.36. The minimum atomic E-state index is -0.0484. The molecule has 0 radical (unpaired) electrons. The summed E-state index contributed by atoms with van der Waals surface area (Å²) in [4.78, 5) is 12.2. The number of benzene rings is 1. The third-order valence-electron chi connectivity index (χ3n) is 3.71. The smallest absolute Gasteiger partial charge is 0.241 e. The number of nitrogens with one attached hydrogen (secondary N) is 2. The van der Waals surface area contributed by atoms with Gasteiger partial charge in [0.05, 0.1) is 6.04 Å². The average Bonchev–Trinajstić information content (AvgIpc) is 2.34. The third kappa shape index (κ3) is 2.91. The molecule has 2 N–H and O–H groups in total. The highest BCUT2D eigenvalue weighted by atomic mass is 16.2. The summed E-state index contributed by atoms with van der Waals surface area (Å²) < 4.78 is 0. The van der Waals surface area contributed by atoms with Crippen LogP contribution in [0.5, 0.6) is 0 Å². The normalized spacial score (nSPS) is 23.7. The van der Waals surface area contributed by atoms with Crippen molar-refractivity contribution in [1.82, 2.24) is 5.32 Å². The zero-order valence-electron chi connectivity index (χ0n) is 11.4. The van der Waals surface area contributed by atoms with E-state index in [-0.39, 0.29) is 11.9 Å². The van der Waals surface area contributed by atoms with Gasteiger partial charge in [0.15, 0.2) is 0 Å². The van der Waals surface area contributed by atoms with Crippen LogP contribution in [0.15, 0.2) is 18.2 Å². The van der Waals surface area contributed by atoms with Gasteiger partial charge in [-0.15, -0.1) is 0 Å². The molecular formula is C15H22N2O. The molecule has 1 aliphatic rings. The van der Waals surface area contributed by atoms with Crippen molar-refractivity contribution in [1.29, 1.82) is 0 Å². The van der Waals surface area contributed by atoms with Crippen LogP contribution in [-0.2, 0) is 4.79 Å². The van der Waals surface area contributed by atoms with Gasteiger partial charge < -0.3 is 10.6 Å². The number of hydrogen-bond donors (Lipinski definition) is 2. The van der Waals surface area contributed by atoms with E-state index in [1.165, 1.54) is 0 Å². The number of carbonyl (C=O) groups excluding carboxylic acids is 1. The number of carbonyl (C=O) groups is 1. The Labute approximate surface area is 109 Å². The molecule has 1 amide bonds. The molecule has 3 heteroatoms. The first-order valence-electron chi connectivity index (χ1n) is 6.68. The van der Waals surface area contributed by atoms with Crippen LogP contribution < -0.4 is 10.6 Å². The summed E-state index contributed by atoms with van der Waals surface area (Å²) in [5.41, 5.74) is 3.20. The standard InChI is InChI=1S/C15H22N2O/c1-10-7-8-16-13(9-10)15(18)17-14-11(2)5-4-6-12(14)3/h4-6,10,13,16H,7-9H2,1-3H3,(H,17,18)/t10-,13+/m1/s1. The van der Waals surface area contributed by atoms with E-state index in [0.717, 1.165) is 36.2 Å². The molecule has 0 aliphatic carbocycles. The summed E-state index contributed by atoms with van der Waals surface area (Å²) in [7, 11) is 0. The Morgan fingerprint density at radius 1 is 1.33 bits per heavy atom. The van der Waals surface area contributed by atoms with E-state index in [9.17, 15) is 4.79 Å². The van der Waals surface area contributed by atoms with Gasteiger partial charge >= 0.3 is 0 Å². The SMILES string of the molecule is Cc1cccc(C)c1NC(=O)[C@@H]1C[C@H](C)CCN1. The zero-order chi connectivity index (χ0) is 13.1. The number of amides is 1. The summed E-state index contributed by atoms with van der Waals surface area (Å²) in [6.07, 6.45) is 2.09. The fraction of sp³-hybridized carbons (Fsp3) is 0.533. The predicted octanol–water partition coefficient (Wildman–Crippen LogP) is 2.63. The maximum atomic E-state index is 12.2. The number of para-hydroxylation sites is 1. The molecule has 1 aromatic rings. The molecule has 1 saturated heterocycles. The molecule has 1 aliphatic heterocycles. The van der Waals surface area contributed by atoms with Crippen molar-refractivity contribution in [2.75, 3.05) is 11.9 Å². The topological polar surface area (TPSA) is 41.1 Å². The highest BCUT2D eigenvalue weighted by molar-refractivity contribution is 5.96. The molecular weight excluding hydrogens is 224 g/mol. The van der Waals surface area contributed by atoms with E-state index >= 15 is 0 Å². The van der Waals surface area contributed by atoms with Crippen molar-refractivity contribution in [3.63, 3.8) is 0 Å². The van der Waals surface area contributed by atoms with Crippen LogP contribution in [0.25, 0.3) is 0 Å². The Bertz CT molecular complexity index is 422. The minimum absolute atomic E-state index is 0.0484. The largest absolute Gasteiger partial charge is 0.324 e. The van der Waals surface area contributed by atoms with Crippen LogP contribution in [0.3, 0.4) is 0 Å². The monoisotopic (exact) mass is 246 g/mol. The molecule has 0 aromatic heterocycles. The Hall–Kier alpha value is -1.35. The fourth-order valence-electron chi connectivity index (χ4n) is 2.53. The third-order valence-corrected chi connectivity index (χ3v) is 3.71. The zero-order valence-corrected chi connectivity index (χ0v) is 11.4. The first-order valence-corrected chi connectivity index (χ1v) is 6.68. The highest BCUT2D eigenvalue weighted by Gasteiger charge is 2.24. The van der Waals surface area contributed by atoms with Crippen molar-refractivity contribution in [2.45, 2.75) is 39.7 Å². The van der Waals surface area contributed by atoms with Gasteiger partial charge in [0, 0.05) is 5.69 Å². The molecule has 18 heavy (non-hydrogen) atoms. The van der Waals surface area contributed by atoms with E-state index in [1.807, 2.05) is 32.0 Å². The summed E-state index contributed by atoms with van der Waals surface area (Å²) >= 11 is 0. The van der Waals surface area contributed by atoms with E-state index in [1.54, 1.807) is 0 Å². The quantitative estimate of drug-likeness (QED) is 0.842. The Balaban J connectivity index is 2.07. The lowest BCUT2D eigenvalue weighted by Crippen LogP contribution is -2.45. The first-order chi connectivity index (χ1) is 8.58. The molecule has 0 unspecified atom stereocenters. The van der Waals surface area contributed by atoms with Gasteiger partial charge in [-0.2, -0.15) is 0 Å². The van der Waals surface area contributed by atoms with Crippen molar-refractivity contribution in [2.24, 2.45) is 5.92 Å². The Kier molecular flexibility index (Phi) is 4.02. The van der Waals surface area contributed by atoms with Crippen molar-refractivity contribution in [3.8, 4) is 0 Å². The second-order valence-corrected chi connectivity index (χ2v) is 5.39. The van der Waals surface area contributed by atoms with Crippen LogP contribution in [0.2, 0.25) is 0 Å². The van der Waals surface area contributed by atoms with Crippen LogP contribution in [0, 0.1) is 19.8 Å². The van der Waals surface area contributed by atoms with Gasteiger partial charge in [-0.1, -0.05) is 25.1 Å². The van der Waals surface area contributed by atoms with Crippen LogP contribution in [-0.4, -0.2) is 18.5 Å². The van der Waals surface area contributed by atoms with Gasteiger partial charge in [0.25, 0.3) is 0 Å². The lowest BCUT2D eigenvalue weighted by molar-refractivity contribution is -0.119. The van der Waals surface area contributed by atoms with E-state index < -0.39 is 0 Å². The predicted molar refractivity (Wildman–Crippen MR) is 74.7 cm³/mol. The van der Waals surface area contributed by atoms with Gasteiger partial charge in [-0.25, -0.2) is 0 Å². The molecule has 2 rings (SSSR count). The van der Waals surface area contributed by atoms with Gasteiger partial charge in [-0.3, -0.25) is 4.79 Å². The van der Waals surface area contributed by atoms with Crippen molar-refractivity contribution in [3.05, 3.63) is 29.3 Å². The summed E-state index contributed by atoms with van der Waals surface area (Å²) in [6, 6.07) is 6.02. The number of aryl methyl sites for hydroxylation is 2. The van der Waals surface area contributed by atoms with Gasteiger partial charge in [-0.05, 0) is 50.3 Å². The highest BCUT2D eigenvalue weighted by Crippen LogP contribution is 2.21. The lowest BCUT2D eigenvalue weighted by atomic mass is 9.94. The van der Waals surface area contributed by atoms with E-state index in [2.05, 4.69) is 17.6 Å². The molecule has 0 spiro atoms. The van der Waals surface area contributed by atoms with E-state index in [0.29, 0.717) is 5.92 Å².